The van der Waals surface area contributed by atoms with Gasteiger partial charge in [-0.05, 0) is 43.0 Å². The summed E-state index contributed by atoms with van der Waals surface area (Å²) >= 11 is 0. The molecule has 3 heteroatoms. The number of aryl methyl sites for hydroxylation is 1. The number of carbonyl (C=O) groups is 1. The molecule has 98 valence electrons. The molecule has 1 unspecified atom stereocenters. The van der Waals surface area contributed by atoms with Crippen molar-refractivity contribution in [1.29, 1.82) is 0 Å². The number of nitrogens with zero attached hydrogens (tertiary/aromatic N) is 1. The van der Waals surface area contributed by atoms with Crippen LogP contribution in [0, 0.1) is 12.8 Å². The van der Waals surface area contributed by atoms with E-state index >= 15 is 0 Å². The fourth-order valence-electron chi connectivity index (χ4n) is 2.17. The van der Waals surface area contributed by atoms with Crippen LogP contribution in [-0.2, 0) is 17.6 Å². The lowest BCUT2D eigenvalue weighted by molar-refractivity contribution is -0.141. The van der Waals surface area contributed by atoms with Crippen LogP contribution in [0.1, 0.15) is 16.7 Å². The van der Waals surface area contributed by atoms with Crippen molar-refractivity contribution in [3.05, 3.63) is 65.5 Å². The van der Waals surface area contributed by atoms with Gasteiger partial charge in [0.1, 0.15) is 0 Å². The Labute approximate surface area is 112 Å². The first kappa shape index (κ1) is 13.3. The zero-order chi connectivity index (χ0) is 13.7. The first-order chi connectivity index (χ1) is 9.15. The van der Waals surface area contributed by atoms with Crippen LogP contribution >= 0.6 is 0 Å². The maximum absolute atomic E-state index is 11.4. The highest BCUT2D eigenvalue weighted by atomic mass is 16.4. The molecule has 0 aliphatic carbocycles. The Balaban J connectivity index is 2.11. The highest BCUT2D eigenvalue weighted by molar-refractivity contribution is 5.70. The molecular formula is C16H17NO2. The summed E-state index contributed by atoms with van der Waals surface area (Å²) in [6.07, 6.45) is 4.48. The zero-order valence-electron chi connectivity index (χ0n) is 10.9. The quantitative estimate of drug-likeness (QED) is 0.893. The molecule has 0 aliphatic rings. The van der Waals surface area contributed by atoms with Crippen LogP contribution in [-0.4, -0.2) is 16.1 Å². The molecule has 1 atom stereocenters. The smallest absolute Gasteiger partial charge is 0.307 e. The van der Waals surface area contributed by atoms with Crippen LogP contribution in [0.5, 0.6) is 0 Å². The number of carboxylic acids is 1. The van der Waals surface area contributed by atoms with Gasteiger partial charge in [0, 0.05) is 12.4 Å². The van der Waals surface area contributed by atoms with Crippen LogP contribution in [0.4, 0.5) is 0 Å². The molecule has 1 heterocycles. The standard InChI is InChI=1S/C16H17NO2/c1-12-3-2-4-14(9-12)11-15(16(18)19)10-13-5-7-17-8-6-13/h2-9,15H,10-11H2,1H3,(H,18,19). The summed E-state index contributed by atoms with van der Waals surface area (Å²) in [5.41, 5.74) is 3.24. The van der Waals surface area contributed by atoms with E-state index in [1.54, 1.807) is 12.4 Å². The van der Waals surface area contributed by atoms with Gasteiger partial charge in [0.25, 0.3) is 0 Å². The number of hydrogen-bond acceptors (Lipinski definition) is 2. The van der Waals surface area contributed by atoms with E-state index in [1.165, 1.54) is 0 Å². The number of carboxylic acid groups (broad SMARTS) is 1. The second-order valence-corrected chi connectivity index (χ2v) is 4.79. The Morgan fingerprint density at radius 2 is 1.84 bits per heavy atom. The fourth-order valence-corrected chi connectivity index (χ4v) is 2.17. The first-order valence-electron chi connectivity index (χ1n) is 6.32. The monoisotopic (exact) mass is 255 g/mol. The van der Waals surface area contributed by atoms with E-state index in [-0.39, 0.29) is 0 Å². The van der Waals surface area contributed by atoms with Crippen LogP contribution in [0.3, 0.4) is 0 Å². The van der Waals surface area contributed by atoms with Gasteiger partial charge in [-0.2, -0.15) is 0 Å². The second-order valence-electron chi connectivity index (χ2n) is 4.79. The van der Waals surface area contributed by atoms with Gasteiger partial charge in [0.15, 0.2) is 0 Å². The van der Waals surface area contributed by atoms with E-state index in [0.717, 1.165) is 16.7 Å². The molecule has 3 nitrogen and oxygen atoms in total. The minimum Gasteiger partial charge on any atom is -0.481 e. The van der Waals surface area contributed by atoms with E-state index in [2.05, 4.69) is 4.98 Å². The largest absolute Gasteiger partial charge is 0.481 e. The average Bonchev–Trinajstić information content (AvgIpc) is 2.39. The van der Waals surface area contributed by atoms with Crippen molar-refractivity contribution in [3.63, 3.8) is 0 Å². The Bertz CT molecular complexity index is 552. The summed E-state index contributed by atoms with van der Waals surface area (Å²) in [4.78, 5) is 15.3. The molecule has 1 N–H and O–H groups in total. The lowest BCUT2D eigenvalue weighted by Gasteiger charge is -2.12. The number of hydrogen-bond donors (Lipinski definition) is 1. The van der Waals surface area contributed by atoms with Crippen molar-refractivity contribution < 1.29 is 9.90 Å². The maximum atomic E-state index is 11.4. The summed E-state index contributed by atoms with van der Waals surface area (Å²) in [6, 6.07) is 11.7. The van der Waals surface area contributed by atoms with E-state index < -0.39 is 11.9 Å². The summed E-state index contributed by atoms with van der Waals surface area (Å²) in [5, 5.41) is 9.35. The van der Waals surface area contributed by atoms with Crippen LogP contribution in [0.15, 0.2) is 48.8 Å². The molecule has 0 saturated heterocycles. The molecule has 0 fully saturated rings. The van der Waals surface area contributed by atoms with Crippen molar-refractivity contribution in [2.24, 2.45) is 5.92 Å². The summed E-state index contributed by atoms with van der Waals surface area (Å²) < 4.78 is 0. The van der Waals surface area contributed by atoms with E-state index in [4.69, 9.17) is 0 Å². The molecule has 0 amide bonds. The molecule has 0 aliphatic heterocycles. The topological polar surface area (TPSA) is 50.2 Å². The van der Waals surface area contributed by atoms with Crippen LogP contribution < -0.4 is 0 Å². The average molecular weight is 255 g/mol. The van der Waals surface area contributed by atoms with Crippen LogP contribution in [0.2, 0.25) is 0 Å². The van der Waals surface area contributed by atoms with E-state index in [9.17, 15) is 9.90 Å². The van der Waals surface area contributed by atoms with E-state index in [1.807, 2.05) is 43.3 Å². The van der Waals surface area contributed by atoms with Gasteiger partial charge in [-0.25, -0.2) is 0 Å². The first-order valence-corrected chi connectivity index (χ1v) is 6.32. The van der Waals surface area contributed by atoms with Crippen molar-refractivity contribution in [3.8, 4) is 0 Å². The Hall–Kier alpha value is -2.16. The summed E-state index contributed by atoms with van der Waals surface area (Å²) in [5.74, 6) is -1.15. The van der Waals surface area contributed by atoms with Crippen molar-refractivity contribution >= 4 is 5.97 Å². The van der Waals surface area contributed by atoms with Gasteiger partial charge in [0.05, 0.1) is 5.92 Å². The van der Waals surface area contributed by atoms with Gasteiger partial charge < -0.3 is 5.11 Å². The van der Waals surface area contributed by atoms with Crippen LogP contribution in [0.25, 0.3) is 0 Å². The third-order valence-corrected chi connectivity index (χ3v) is 3.15. The summed E-state index contributed by atoms with van der Waals surface area (Å²) in [7, 11) is 0. The molecule has 2 aromatic rings. The zero-order valence-corrected chi connectivity index (χ0v) is 10.9. The Morgan fingerprint density at radius 3 is 2.47 bits per heavy atom. The second kappa shape index (κ2) is 6.14. The number of rotatable bonds is 5. The van der Waals surface area contributed by atoms with Gasteiger partial charge in [-0.15, -0.1) is 0 Å². The normalized spacial score (nSPS) is 12.1. The predicted octanol–water partition coefficient (Wildman–Crippen LogP) is 2.88. The molecule has 0 radical (unpaired) electrons. The lowest BCUT2D eigenvalue weighted by atomic mass is 9.92. The predicted molar refractivity (Wildman–Crippen MR) is 73.9 cm³/mol. The maximum Gasteiger partial charge on any atom is 0.307 e. The van der Waals surface area contributed by atoms with Gasteiger partial charge in [-0.3, -0.25) is 9.78 Å². The molecule has 0 bridgehead atoms. The molecule has 19 heavy (non-hydrogen) atoms. The number of aliphatic carboxylic acids is 1. The molecule has 2 rings (SSSR count). The minimum absolute atomic E-state index is 0.399. The van der Waals surface area contributed by atoms with E-state index in [0.29, 0.717) is 12.8 Å². The number of benzene rings is 1. The van der Waals surface area contributed by atoms with Crippen molar-refractivity contribution in [1.82, 2.24) is 4.98 Å². The molecule has 1 aromatic carbocycles. The summed E-state index contributed by atoms with van der Waals surface area (Å²) in [6.45, 7) is 2.02. The lowest BCUT2D eigenvalue weighted by Crippen LogP contribution is -2.19. The minimum atomic E-state index is -0.752. The molecule has 1 aromatic heterocycles. The molecule has 0 spiro atoms. The third kappa shape index (κ3) is 3.91. The van der Waals surface area contributed by atoms with Gasteiger partial charge in [0.2, 0.25) is 0 Å². The number of aromatic nitrogens is 1. The van der Waals surface area contributed by atoms with Gasteiger partial charge in [-0.1, -0.05) is 29.8 Å². The number of pyridine rings is 1. The SMILES string of the molecule is Cc1cccc(CC(Cc2ccncc2)C(=O)O)c1. The Kier molecular flexibility index (Phi) is 4.29. The molecule has 0 saturated carbocycles. The van der Waals surface area contributed by atoms with Crippen molar-refractivity contribution in [2.75, 3.05) is 0 Å². The fraction of sp³-hybridized carbons (Fsp3) is 0.250. The van der Waals surface area contributed by atoms with Gasteiger partial charge >= 0.3 is 5.97 Å². The Morgan fingerprint density at radius 1 is 1.16 bits per heavy atom. The molecular weight excluding hydrogens is 238 g/mol. The highest BCUT2D eigenvalue weighted by Gasteiger charge is 2.18. The highest BCUT2D eigenvalue weighted by Crippen LogP contribution is 2.16. The van der Waals surface area contributed by atoms with Crippen molar-refractivity contribution in [2.45, 2.75) is 19.8 Å². The third-order valence-electron chi connectivity index (χ3n) is 3.15.